The van der Waals surface area contributed by atoms with Crippen LogP contribution in [0.3, 0.4) is 0 Å². The zero-order valence-electron chi connectivity index (χ0n) is 18.6. The fraction of sp³-hybridized carbons (Fsp3) is 0.478. The summed E-state index contributed by atoms with van der Waals surface area (Å²) in [6, 6.07) is 2.18. The lowest BCUT2D eigenvalue weighted by molar-refractivity contribution is 0.415. The van der Waals surface area contributed by atoms with Gasteiger partial charge in [-0.25, -0.2) is 9.97 Å². The molecular formula is C23H31N7S. The predicted octanol–water partition coefficient (Wildman–Crippen LogP) is 6.17. The maximum absolute atomic E-state index is 4.73. The maximum atomic E-state index is 4.73. The van der Waals surface area contributed by atoms with Crippen LogP contribution in [0.5, 0.6) is 0 Å². The first-order chi connectivity index (χ1) is 15.2. The minimum Gasteiger partial charge on any atom is -0.328 e. The van der Waals surface area contributed by atoms with Gasteiger partial charge in [-0.1, -0.05) is 52.4 Å². The molecule has 0 saturated heterocycles. The number of imidazole rings is 1. The Labute approximate surface area is 187 Å². The average Bonchev–Trinajstić information content (AvgIpc) is 3.50. The molecule has 31 heavy (non-hydrogen) atoms. The van der Waals surface area contributed by atoms with Gasteiger partial charge in [0.1, 0.15) is 5.00 Å². The van der Waals surface area contributed by atoms with Crippen molar-refractivity contribution in [1.82, 2.24) is 28.9 Å². The topological polar surface area (TPSA) is 83.8 Å². The molecule has 0 spiro atoms. The molecule has 4 aromatic rings. The van der Waals surface area contributed by atoms with E-state index in [1.807, 2.05) is 25.5 Å². The van der Waals surface area contributed by atoms with Crippen LogP contribution in [-0.4, -0.2) is 28.9 Å². The summed E-state index contributed by atoms with van der Waals surface area (Å²) in [5.74, 6) is 1.47. The number of aromatic nitrogens is 6. The summed E-state index contributed by atoms with van der Waals surface area (Å²) < 4.78 is 6.79. The molecule has 0 amide bonds. The Morgan fingerprint density at radius 3 is 2.68 bits per heavy atom. The molecule has 2 N–H and O–H groups in total. The van der Waals surface area contributed by atoms with Gasteiger partial charge in [-0.05, 0) is 36.9 Å². The fourth-order valence-electron chi connectivity index (χ4n) is 4.01. The number of unbranched alkanes of at least 4 members (excludes halogenated alkanes) is 2. The molecule has 0 aliphatic heterocycles. The highest BCUT2D eigenvalue weighted by molar-refractivity contribution is 7.10. The van der Waals surface area contributed by atoms with Crippen LogP contribution >= 0.6 is 11.5 Å². The minimum atomic E-state index is 0.725. The van der Waals surface area contributed by atoms with Crippen LogP contribution in [0.15, 0.2) is 30.9 Å². The molecule has 4 rings (SSSR count). The normalized spacial score (nSPS) is 11.6. The standard InChI is InChI=1S/C23H31N7S/c1-4-6-8-17(9-7-5-2)10-19-11-21(31-29-19)28-22-23-24-14-20(18-12-25-26-13-18)30(23)15-16(3)27-22/h11-15,17H,4-10H2,1-3H3,(H,25,26)(H,27,28). The number of fused-ring (bicyclic) bond motifs is 1. The first-order valence-electron chi connectivity index (χ1n) is 11.2. The van der Waals surface area contributed by atoms with Crippen LogP contribution in [-0.2, 0) is 6.42 Å². The summed E-state index contributed by atoms with van der Waals surface area (Å²) >= 11 is 1.50. The van der Waals surface area contributed by atoms with Crippen LogP contribution < -0.4 is 5.32 Å². The van der Waals surface area contributed by atoms with E-state index in [2.05, 4.69) is 44.8 Å². The van der Waals surface area contributed by atoms with Crippen molar-refractivity contribution in [1.29, 1.82) is 0 Å². The van der Waals surface area contributed by atoms with Gasteiger partial charge in [0.15, 0.2) is 11.5 Å². The van der Waals surface area contributed by atoms with E-state index in [0.717, 1.165) is 45.8 Å². The molecule has 0 unspecified atom stereocenters. The first-order valence-corrected chi connectivity index (χ1v) is 12.0. The molecule has 0 saturated carbocycles. The summed E-state index contributed by atoms with van der Waals surface area (Å²) in [5, 5.41) is 11.4. The van der Waals surface area contributed by atoms with Gasteiger partial charge in [0, 0.05) is 18.0 Å². The van der Waals surface area contributed by atoms with Crippen molar-refractivity contribution in [3.05, 3.63) is 42.2 Å². The molecular weight excluding hydrogens is 406 g/mol. The van der Waals surface area contributed by atoms with Crippen molar-refractivity contribution in [3.63, 3.8) is 0 Å². The van der Waals surface area contributed by atoms with Crippen LogP contribution in [0.2, 0.25) is 0 Å². The van der Waals surface area contributed by atoms with Crippen LogP contribution in [0.25, 0.3) is 16.9 Å². The summed E-state index contributed by atoms with van der Waals surface area (Å²) in [5.41, 5.74) is 4.87. The van der Waals surface area contributed by atoms with Gasteiger partial charge in [0.2, 0.25) is 0 Å². The second-order valence-electron chi connectivity index (χ2n) is 8.22. The Bertz CT molecular complexity index is 1090. The van der Waals surface area contributed by atoms with Crippen molar-refractivity contribution in [3.8, 4) is 11.3 Å². The molecule has 4 heterocycles. The summed E-state index contributed by atoms with van der Waals surface area (Å²) in [4.78, 5) is 9.32. The Balaban J connectivity index is 1.53. The number of rotatable bonds is 11. The molecule has 0 radical (unpaired) electrons. The molecule has 0 aromatic carbocycles. The number of nitrogens with zero attached hydrogens (tertiary/aromatic N) is 5. The van der Waals surface area contributed by atoms with Crippen LogP contribution in [0.4, 0.5) is 10.8 Å². The van der Waals surface area contributed by atoms with Crippen molar-refractivity contribution in [2.75, 3.05) is 5.32 Å². The monoisotopic (exact) mass is 437 g/mol. The highest BCUT2D eigenvalue weighted by Crippen LogP contribution is 2.29. The smallest absolute Gasteiger partial charge is 0.180 e. The molecule has 8 heteroatoms. The lowest BCUT2D eigenvalue weighted by Gasteiger charge is -2.14. The fourth-order valence-corrected chi connectivity index (χ4v) is 4.68. The minimum absolute atomic E-state index is 0.725. The van der Waals surface area contributed by atoms with E-state index in [-0.39, 0.29) is 0 Å². The van der Waals surface area contributed by atoms with E-state index in [4.69, 9.17) is 9.36 Å². The third kappa shape index (κ3) is 5.12. The van der Waals surface area contributed by atoms with Crippen molar-refractivity contribution in [2.45, 2.75) is 65.7 Å². The molecule has 7 nitrogen and oxygen atoms in total. The number of H-pyrrole nitrogens is 1. The lowest BCUT2D eigenvalue weighted by Crippen LogP contribution is -2.05. The van der Waals surface area contributed by atoms with E-state index in [1.165, 1.54) is 55.8 Å². The first kappa shape index (κ1) is 21.5. The average molecular weight is 438 g/mol. The van der Waals surface area contributed by atoms with Crippen LogP contribution in [0, 0.1) is 12.8 Å². The summed E-state index contributed by atoms with van der Waals surface area (Å²) in [6.07, 6.45) is 16.3. The third-order valence-corrected chi connectivity index (χ3v) is 6.38. The zero-order valence-corrected chi connectivity index (χ0v) is 19.4. The van der Waals surface area contributed by atoms with E-state index < -0.39 is 0 Å². The molecule has 0 aliphatic carbocycles. The highest BCUT2D eigenvalue weighted by Gasteiger charge is 2.15. The Kier molecular flexibility index (Phi) is 6.96. The van der Waals surface area contributed by atoms with Gasteiger partial charge in [-0.3, -0.25) is 9.50 Å². The second kappa shape index (κ2) is 10.0. The van der Waals surface area contributed by atoms with Gasteiger partial charge in [0.05, 0.1) is 29.5 Å². The van der Waals surface area contributed by atoms with Gasteiger partial charge in [0.25, 0.3) is 0 Å². The van der Waals surface area contributed by atoms with Crippen LogP contribution in [0.1, 0.15) is 63.8 Å². The van der Waals surface area contributed by atoms with E-state index in [0.29, 0.717) is 0 Å². The number of aromatic amines is 1. The predicted molar refractivity (Wildman–Crippen MR) is 127 cm³/mol. The number of hydrogen-bond donors (Lipinski definition) is 2. The van der Waals surface area contributed by atoms with Gasteiger partial charge < -0.3 is 5.32 Å². The Morgan fingerprint density at radius 2 is 1.97 bits per heavy atom. The molecule has 164 valence electrons. The summed E-state index contributed by atoms with van der Waals surface area (Å²) in [6.45, 7) is 6.53. The number of anilines is 2. The molecule has 0 fully saturated rings. The zero-order chi connectivity index (χ0) is 21.6. The van der Waals surface area contributed by atoms with Crippen molar-refractivity contribution >= 4 is 28.0 Å². The van der Waals surface area contributed by atoms with Gasteiger partial charge >= 0.3 is 0 Å². The Morgan fingerprint density at radius 1 is 1.16 bits per heavy atom. The van der Waals surface area contributed by atoms with Crippen molar-refractivity contribution < 1.29 is 0 Å². The van der Waals surface area contributed by atoms with Gasteiger partial charge in [-0.2, -0.15) is 9.47 Å². The second-order valence-corrected chi connectivity index (χ2v) is 9.02. The molecule has 4 aromatic heterocycles. The largest absolute Gasteiger partial charge is 0.328 e. The third-order valence-electron chi connectivity index (χ3n) is 5.64. The maximum Gasteiger partial charge on any atom is 0.180 e. The lowest BCUT2D eigenvalue weighted by atomic mass is 9.92. The van der Waals surface area contributed by atoms with E-state index in [1.54, 1.807) is 6.20 Å². The quantitative estimate of drug-likeness (QED) is 0.293. The highest BCUT2D eigenvalue weighted by atomic mass is 32.1. The van der Waals surface area contributed by atoms with Gasteiger partial charge in [-0.15, -0.1) is 0 Å². The van der Waals surface area contributed by atoms with E-state index in [9.17, 15) is 0 Å². The molecule has 0 atom stereocenters. The van der Waals surface area contributed by atoms with E-state index >= 15 is 0 Å². The van der Waals surface area contributed by atoms with Crippen molar-refractivity contribution in [2.24, 2.45) is 5.92 Å². The number of aryl methyl sites for hydroxylation is 1. The molecule has 0 bridgehead atoms. The number of nitrogens with one attached hydrogen (secondary N) is 2. The summed E-state index contributed by atoms with van der Waals surface area (Å²) in [7, 11) is 0. The Hall–Kier alpha value is -2.74. The SMILES string of the molecule is CCCCC(CCCC)Cc1cc(Nc2nc(C)cn3c(-c4cn[nH]c4)cnc23)sn1. The molecule has 0 aliphatic rings. The number of hydrogen-bond acceptors (Lipinski definition) is 6.